The Morgan fingerprint density at radius 2 is 1.94 bits per heavy atom. The van der Waals surface area contributed by atoms with Crippen LogP contribution in [0.15, 0.2) is 46.9 Å². The third-order valence-electron chi connectivity index (χ3n) is 3.34. The molecule has 0 unspecified atom stereocenters. The minimum atomic E-state index is 0.551. The Labute approximate surface area is 121 Å². The van der Waals surface area contributed by atoms with Crippen LogP contribution in [0.4, 0.5) is 11.4 Å². The van der Waals surface area contributed by atoms with E-state index in [9.17, 15) is 0 Å². The minimum Gasteiger partial charge on any atom is -0.340 e. The Morgan fingerprint density at radius 3 is 2.72 bits per heavy atom. The summed E-state index contributed by atoms with van der Waals surface area (Å²) < 4.78 is 1.11. The zero-order chi connectivity index (χ0) is 12.5. The van der Waals surface area contributed by atoms with Crippen molar-refractivity contribution >= 4 is 38.9 Å². The van der Waals surface area contributed by atoms with Crippen molar-refractivity contribution in [3.63, 3.8) is 0 Å². The molecule has 0 amide bonds. The van der Waals surface area contributed by atoms with Crippen LogP contribution in [0, 0.1) is 0 Å². The number of anilines is 2. The molecule has 2 aromatic carbocycles. The van der Waals surface area contributed by atoms with Crippen molar-refractivity contribution in [3.8, 4) is 0 Å². The summed E-state index contributed by atoms with van der Waals surface area (Å²) in [6.45, 7) is 1.04. The molecule has 0 bridgehead atoms. The average molecular weight is 323 g/mol. The normalized spacial score (nSPS) is 13.8. The predicted molar refractivity (Wildman–Crippen MR) is 80.9 cm³/mol. The molecule has 3 heteroatoms. The van der Waals surface area contributed by atoms with E-state index in [1.807, 2.05) is 0 Å². The summed E-state index contributed by atoms with van der Waals surface area (Å²) in [6.07, 6.45) is 1.11. The summed E-state index contributed by atoms with van der Waals surface area (Å²) in [5.74, 6) is 0.551. The van der Waals surface area contributed by atoms with Gasteiger partial charge in [-0.3, -0.25) is 0 Å². The molecule has 18 heavy (non-hydrogen) atoms. The van der Waals surface area contributed by atoms with Gasteiger partial charge in [0.05, 0.1) is 5.69 Å². The SMILES string of the molecule is ClCc1ccc(N2CCc3ccccc32)c(Br)c1. The van der Waals surface area contributed by atoms with E-state index in [4.69, 9.17) is 11.6 Å². The summed E-state index contributed by atoms with van der Waals surface area (Å²) in [5.41, 5.74) is 5.09. The molecule has 0 N–H and O–H groups in total. The van der Waals surface area contributed by atoms with Crippen LogP contribution in [0.1, 0.15) is 11.1 Å². The second-order valence-corrected chi connectivity index (χ2v) is 5.57. The van der Waals surface area contributed by atoms with Crippen molar-refractivity contribution in [2.75, 3.05) is 11.4 Å². The fourth-order valence-electron chi connectivity index (χ4n) is 2.44. The van der Waals surface area contributed by atoms with Crippen LogP contribution in [0.3, 0.4) is 0 Å². The molecule has 0 spiro atoms. The quantitative estimate of drug-likeness (QED) is 0.712. The summed E-state index contributed by atoms with van der Waals surface area (Å²) in [4.78, 5) is 2.36. The van der Waals surface area contributed by atoms with Gasteiger partial charge < -0.3 is 4.90 Å². The zero-order valence-corrected chi connectivity index (χ0v) is 12.2. The lowest BCUT2D eigenvalue weighted by Gasteiger charge is -2.21. The van der Waals surface area contributed by atoms with Gasteiger partial charge in [0.15, 0.2) is 0 Å². The summed E-state index contributed by atoms with van der Waals surface area (Å²) in [5, 5.41) is 0. The molecule has 1 nitrogen and oxygen atoms in total. The van der Waals surface area contributed by atoms with E-state index in [-0.39, 0.29) is 0 Å². The number of rotatable bonds is 2. The third-order valence-corrected chi connectivity index (χ3v) is 4.29. The van der Waals surface area contributed by atoms with E-state index in [2.05, 4.69) is 63.3 Å². The fourth-order valence-corrected chi connectivity index (χ4v) is 3.25. The van der Waals surface area contributed by atoms with Crippen LogP contribution in [0.25, 0.3) is 0 Å². The second kappa shape index (κ2) is 4.94. The Hall–Kier alpha value is -0.990. The Kier molecular flexibility index (Phi) is 3.31. The summed E-state index contributed by atoms with van der Waals surface area (Å²) >= 11 is 9.51. The zero-order valence-electron chi connectivity index (χ0n) is 9.87. The molecule has 0 saturated carbocycles. The summed E-state index contributed by atoms with van der Waals surface area (Å²) in [6, 6.07) is 14.9. The Balaban J connectivity index is 2.02. The molecule has 2 aromatic rings. The molecular formula is C15H13BrClN. The minimum absolute atomic E-state index is 0.551. The standard InChI is InChI=1S/C15H13BrClN/c16-13-9-11(10-17)5-6-15(13)18-8-7-12-3-1-2-4-14(12)18/h1-6,9H,7-8,10H2. The molecule has 0 radical (unpaired) electrons. The molecule has 1 heterocycles. The van der Waals surface area contributed by atoms with Crippen molar-refractivity contribution in [2.24, 2.45) is 0 Å². The third kappa shape index (κ3) is 2.04. The first kappa shape index (κ1) is 12.1. The van der Waals surface area contributed by atoms with Gasteiger partial charge in [-0.1, -0.05) is 24.3 Å². The van der Waals surface area contributed by atoms with E-state index < -0.39 is 0 Å². The van der Waals surface area contributed by atoms with Gasteiger partial charge in [0.1, 0.15) is 0 Å². The highest BCUT2D eigenvalue weighted by atomic mass is 79.9. The van der Waals surface area contributed by atoms with Crippen LogP contribution in [0.2, 0.25) is 0 Å². The van der Waals surface area contributed by atoms with Crippen LogP contribution in [-0.2, 0) is 12.3 Å². The van der Waals surface area contributed by atoms with E-state index in [1.54, 1.807) is 0 Å². The van der Waals surface area contributed by atoms with Crippen LogP contribution in [-0.4, -0.2) is 6.54 Å². The van der Waals surface area contributed by atoms with Crippen molar-refractivity contribution in [1.29, 1.82) is 0 Å². The van der Waals surface area contributed by atoms with Crippen molar-refractivity contribution in [1.82, 2.24) is 0 Å². The number of halogens is 2. The molecule has 1 aliphatic heterocycles. The lowest BCUT2D eigenvalue weighted by molar-refractivity contribution is 0.995. The molecule has 3 rings (SSSR count). The molecular weight excluding hydrogens is 310 g/mol. The average Bonchev–Trinajstić information content (AvgIpc) is 2.82. The van der Waals surface area contributed by atoms with Gasteiger partial charge in [-0.25, -0.2) is 0 Å². The number of hydrogen-bond donors (Lipinski definition) is 0. The molecule has 92 valence electrons. The summed E-state index contributed by atoms with van der Waals surface area (Å²) in [7, 11) is 0. The number of para-hydroxylation sites is 1. The molecule has 0 saturated heterocycles. The lowest BCUT2D eigenvalue weighted by atomic mass is 10.1. The Bertz CT molecular complexity index is 582. The van der Waals surface area contributed by atoms with E-state index in [0.717, 1.165) is 23.0 Å². The van der Waals surface area contributed by atoms with E-state index in [0.29, 0.717) is 5.88 Å². The van der Waals surface area contributed by atoms with Crippen LogP contribution < -0.4 is 4.90 Å². The van der Waals surface area contributed by atoms with E-state index >= 15 is 0 Å². The number of hydrogen-bond acceptors (Lipinski definition) is 1. The smallest absolute Gasteiger partial charge is 0.0555 e. The van der Waals surface area contributed by atoms with Crippen LogP contribution >= 0.6 is 27.5 Å². The molecule has 0 atom stereocenters. The number of nitrogens with zero attached hydrogens (tertiary/aromatic N) is 1. The first-order valence-corrected chi connectivity index (χ1v) is 7.32. The van der Waals surface area contributed by atoms with Gasteiger partial charge in [0.25, 0.3) is 0 Å². The van der Waals surface area contributed by atoms with E-state index in [1.165, 1.54) is 16.9 Å². The Morgan fingerprint density at radius 1 is 1.11 bits per heavy atom. The molecule has 0 aromatic heterocycles. The molecule has 0 fully saturated rings. The maximum Gasteiger partial charge on any atom is 0.0555 e. The molecule has 1 aliphatic rings. The second-order valence-electron chi connectivity index (χ2n) is 4.45. The van der Waals surface area contributed by atoms with Gasteiger partial charge in [0, 0.05) is 22.6 Å². The monoisotopic (exact) mass is 321 g/mol. The number of benzene rings is 2. The van der Waals surface area contributed by atoms with Gasteiger partial charge >= 0.3 is 0 Å². The van der Waals surface area contributed by atoms with Crippen molar-refractivity contribution in [3.05, 3.63) is 58.1 Å². The predicted octanol–water partition coefficient (Wildman–Crippen LogP) is 4.88. The first-order chi connectivity index (χ1) is 8.79. The fraction of sp³-hybridized carbons (Fsp3) is 0.200. The van der Waals surface area contributed by atoms with Crippen molar-refractivity contribution in [2.45, 2.75) is 12.3 Å². The highest BCUT2D eigenvalue weighted by molar-refractivity contribution is 9.10. The first-order valence-electron chi connectivity index (χ1n) is 5.99. The topological polar surface area (TPSA) is 3.24 Å². The van der Waals surface area contributed by atoms with Gasteiger partial charge in [0.2, 0.25) is 0 Å². The van der Waals surface area contributed by atoms with Gasteiger partial charge in [-0.05, 0) is 51.7 Å². The maximum atomic E-state index is 5.86. The largest absolute Gasteiger partial charge is 0.340 e. The highest BCUT2D eigenvalue weighted by Crippen LogP contribution is 2.38. The van der Waals surface area contributed by atoms with Crippen LogP contribution in [0.5, 0.6) is 0 Å². The number of alkyl halides is 1. The molecule has 0 aliphatic carbocycles. The maximum absolute atomic E-state index is 5.86. The van der Waals surface area contributed by atoms with Gasteiger partial charge in [-0.2, -0.15) is 0 Å². The van der Waals surface area contributed by atoms with Crippen molar-refractivity contribution < 1.29 is 0 Å². The lowest BCUT2D eigenvalue weighted by Crippen LogP contribution is -2.13. The highest BCUT2D eigenvalue weighted by Gasteiger charge is 2.21. The van der Waals surface area contributed by atoms with Gasteiger partial charge in [-0.15, -0.1) is 11.6 Å². The number of fused-ring (bicyclic) bond motifs is 1.